The van der Waals surface area contributed by atoms with Crippen LogP contribution in [0, 0.1) is 17.8 Å². The molecule has 306 valence electrons. The van der Waals surface area contributed by atoms with Gasteiger partial charge in [0.25, 0.3) is 0 Å². The van der Waals surface area contributed by atoms with Crippen molar-refractivity contribution in [3.8, 4) is 0 Å². The highest BCUT2D eigenvalue weighted by Gasteiger charge is 2.31. The second kappa shape index (κ2) is 21.7. The van der Waals surface area contributed by atoms with E-state index in [0.29, 0.717) is 63.7 Å². The van der Waals surface area contributed by atoms with Crippen molar-refractivity contribution < 1.29 is 46.6 Å². The zero-order valence-corrected chi connectivity index (χ0v) is 34.2. The molecule has 1 atom stereocenters. The van der Waals surface area contributed by atoms with Crippen LogP contribution in [0.15, 0.2) is 0 Å². The number of carbonyl (C=O) groups excluding carboxylic acids is 5. The second-order valence-electron chi connectivity index (χ2n) is 16.3. The molecule has 2 aliphatic heterocycles. The molecule has 0 aromatic carbocycles. The van der Waals surface area contributed by atoms with Crippen molar-refractivity contribution in [2.75, 3.05) is 51.6 Å². The van der Waals surface area contributed by atoms with E-state index in [2.05, 4.69) is 15.4 Å². The van der Waals surface area contributed by atoms with Gasteiger partial charge in [0.15, 0.2) is 0 Å². The maximum absolute atomic E-state index is 13.6. The van der Waals surface area contributed by atoms with E-state index < -0.39 is 39.1 Å². The first-order valence-corrected chi connectivity index (χ1v) is 21.0. The predicted molar refractivity (Wildman–Crippen MR) is 201 cm³/mol. The average molecular weight is 774 g/mol. The van der Waals surface area contributed by atoms with E-state index in [4.69, 9.17) is 14.2 Å². The number of likely N-dealkylation sites (tertiary alicyclic amines) is 2. The molecule has 0 bridgehead atoms. The minimum absolute atomic E-state index is 0.0448. The summed E-state index contributed by atoms with van der Waals surface area (Å²) in [5.74, 6) is -1.45. The summed E-state index contributed by atoms with van der Waals surface area (Å²) in [7, 11) is -3.78. The van der Waals surface area contributed by atoms with Gasteiger partial charge in [0.05, 0.1) is 18.9 Å². The summed E-state index contributed by atoms with van der Waals surface area (Å²) >= 11 is 0. The lowest BCUT2D eigenvalue weighted by atomic mass is 9.84. The van der Waals surface area contributed by atoms with Crippen LogP contribution >= 0.6 is 0 Å². The molecule has 2 rings (SSSR count). The fraction of sp³-hybridized carbons (Fsp3) is 0.865. The van der Waals surface area contributed by atoms with E-state index in [1.165, 1.54) is 0 Å². The third-order valence-electron chi connectivity index (χ3n) is 9.34. The normalized spacial score (nSPS) is 16.9. The number of sulfonamides is 1. The Morgan fingerprint density at radius 3 is 1.64 bits per heavy atom. The smallest absolute Gasteiger partial charge is 0.410 e. The van der Waals surface area contributed by atoms with Gasteiger partial charge < -0.3 is 34.6 Å². The van der Waals surface area contributed by atoms with E-state index in [-0.39, 0.29) is 49.5 Å². The van der Waals surface area contributed by atoms with Crippen LogP contribution in [0.5, 0.6) is 0 Å². The molecule has 16 heteroatoms. The zero-order chi connectivity index (χ0) is 39.8. The largest absolute Gasteiger partial charge is 0.465 e. The molecule has 2 aliphatic rings. The van der Waals surface area contributed by atoms with Gasteiger partial charge in [-0.15, -0.1) is 0 Å². The number of hydrogen-bond acceptors (Lipinski definition) is 10. The Bertz CT molecular complexity index is 1250. The van der Waals surface area contributed by atoms with Crippen LogP contribution in [-0.4, -0.2) is 117 Å². The Kier molecular flexibility index (Phi) is 18.8. The van der Waals surface area contributed by atoms with Gasteiger partial charge in [-0.2, -0.15) is 4.72 Å². The maximum Gasteiger partial charge on any atom is 0.410 e. The zero-order valence-electron chi connectivity index (χ0n) is 33.4. The number of ether oxygens (including phenoxy) is 3. The monoisotopic (exact) mass is 773 g/mol. The number of esters is 1. The highest BCUT2D eigenvalue weighted by atomic mass is 32.2. The lowest BCUT2D eigenvalue weighted by molar-refractivity contribution is -0.145. The van der Waals surface area contributed by atoms with Crippen LogP contribution in [0.1, 0.15) is 120 Å². The van der Waals surface area contributed by atoms with Crippen molar-refractivity contribution in [2.45, 2.75) is 137 Å². The van der Waals surface area contributed by atoms with Crippen molar-refractivity contribution in [1.82, 2.24) is 25.2 Å². The number of piperidine rings is 2. The van der Waals surface area contributed by atoms with E-state index in [1.54, 1.807) is 16.7 Å². The quantitative estimate of drug-likeness (QED) is 0.134. The molecule has 0 aliphatic carbocycles. The lowest BCUT2D eigenvalue weighted by Crippen LogP contribution is -2.51. The summed E-state index contributed by atoms with van der Waals surface area (Å²) in [5.41, 5.74) is -1.13. The number of carbonyl (C=O) groups is 5. The molecule has 0 aromatic heterocycles. The minimum atomic E-state index is -3.78. The van der Waals surface area contributed by atoms with Gasteiger partial charge in [-0.3, -0.25) is 14.4 Å². The first kappa shape index (κ1) is 46.0. The summed E-state index contributed by atoms with van der Waals surface area (Å²) in [5, 5.41) is 5.31. The van der Waals surface area contributed by atoms with Crippen molar-refractivity contribution in [3.05, 3.63) is 0 Å². The van der Waals surface area contributed by atoms with Gasteiger partial charge in [0.2, 0.25) is 21.8 Å². The molecule has 2 saturated heterocycles. The molecule has 2 fully saturated rings. The fourth-order valence-electron chi connectivity index (χ4n) is 6.36. The minimum Gasteiger partial charge on any atom is -0.465 e. The molecule has 0 radical (unpaired) electrons. The van der Waals surface area contributed by atoms with Gasteiger partial charge in [-0.25, -0.2) is 18.0 Å². The summed E-state index contributed by atoms with van der Waals surface area (Å²) in [6.45, 7) is 16.3. The fourth-order valence-corrected chi connectivity index (χ4v) is 7.76. The Labute approximate surface area is 317 Å². The summed E-state index contributed by atoms with van der Waals surface area (Å²) in [4.78, 5) is 67.4. The van der Waals surface area contributed by atoms with Gasteiger partial charge >= 0.3 is 18.2 Å². The van der Waals surface area contributed by atoms with E-state index >= 15 is 0 Å². The predicted octanol–water partition coefficient (Wildman–Crippen LogP) is 4.34. The van der Waals surface area contributed by atoms with E-state index in [9.17, 15) is 32.4 Å². The van der Waals surface area contributed by atoms with E-state index in [1.807, 2.05) is 48.5 Å². The van der Waals surface area contributed by atoms with Crippen LogP contribution < -0.4 is 15.4 Å². The third kappa shape index (κ3) is 18.6. The summed E-state index contributed by atoms with van der Waals surface area (Å²) < 4.78 is 43.3. The Morgan fingerprint density at radius 2 is 1.23 bits per heavy atom. The second-order valence-corrected chi connectivity index (χ2v) is 18.2. The first-order chi connectivity index (χ1) is 24.7. The van der Waals surface area contributed by atoms with Crippen LogP contribution in [0.3, 0.4) is 0 Å². The molecule has 0 saturated carbocycles. The first-order valence-electron chi connectivity index (χ1n) is 19.4. The SMILES string of the molecule is CCCCS(=O)(=O)N[C@@H](CNC(=O)CNC(=O)C(CCC1CCN(C(=O)OC(C)(C)C)CC1)CCC1CCN(C(=O)OC(C)(C)C)CC1)C(=O)OCC. The van der Waals surface area contributed by atoms with Gasteiger partial charge in [0, 0.05) is 38.6 Å². The molecule has 0 aromatic rings. The standard InChI is InChI=1S/C37H67N5O10S/c1-9-11-24-53(48,49)40-30(33(45)50-10-2)25-38-31(43)26-39-32(44)29(14-12-27-16-20-41(21-17-27)34(46)51-36(3,4)5)15-13-28-18-22-42(23-19-28)35(47)52-37(6,7)8/h27-30,40H,9-26H2,1-8H3,(H,38,43)(H,39,44)/t30-/m0/s1. The van der Waals surface area contributed by atoms with Crippen molar-refractivity contribution >= 4 is 40.0 Å². The Balaban J connectivity index is 1.98. The number of unbranched alkanes of at least 4 members (excludes halogenated alkanes) is 1. The summed E-state index contributed by atoms with van der Waals surface area (Å²) in [6.07, 6.45) is 6.50. The molecule has 2 heterocycles. The molecule has 0 unspecified atom stereocenters. The van der Waals surface area contributed by atoms with Crippen LogP contribution in [0.4, 0.5) is 9.59 Å². The highest BCUT2D eigenvalue weighted by Crippen LogP contribution is 2.30. The molecule has 4 amide bonds. The maximum atomic E-state index is 13.6. The van der Waals surface area contributed by atoms with Crippen molar-refractivity contribution in [3.63, 3.8) is 0 Å². The average Bonchev–Trinajstić information content (AvgIpc) is 3.07. The van der Waals surface area contributed by atoms with Gasteiger partial charge in [-0.1, -0.05) is 13.3 Å². The molecule has 53 heavy (non-hydrogen) atoms. The number of nitrogens with one attached hydrogen (secondary N) is 3. The van der Waals surface area contributed by atoms with Crippen LogP contribution in [-0.2, 0) is 38.6 Å². The lowest BCUT2D eigenvalue weighted by Gasteiger charge is -2.34. The number of hydrogen-bond donors (Lipinski definition) is 3. The van der Waals surface area contributed by atoms with Crippen LogP contribution in [0.2, 0.25) is 0 Å². The Morgan fingerprint density at radius 1 is 0.755 bits per heavy atom. The van der Waals surface area contributed by atoms with Crippen molar-refractivity contribution in [2.24, 2.45) is 17.8 Å². The topological polar surface area (TPSA) is 190 Å². The molecular weight excluding hydrogens is 706 g/mol. The number of nitrogens with zero attached hydrogens (tertiary/aromatic N) is 2. The Hall–Kier alpha value is -3.14. The molecule has 3 N–H and O–H groups in total. The van der Waals surface area contributed by atoms with E-state index in [0.717, 1.165) is 38.5 Å². The van der Waals surface area contributed by atoms with Crippen LogP contribution in [0.25, 0.3) is 0 Å². The molecule has 0 spiro atoms. The van der Waals surface area contributed by atoms with Gasteiger partial charge in [-0.05, 0) is 118 Å². The van der Waals surface area contributed by atoms with Crippen molar-refractivity contribution in [1.29, 1.82) is 0 Å². The molecular formula is C37H67N5O10S. The molecule has 15 nitrogen and oxygen atoms in total. The highest BCUT2D eigenvalue weighted by molar-refractivity contribution is 7.89. The number of amides is 4. The third-order valence-corrected chi connectivity index (χ3v) is 10.8. The summed E-state index contributed by atoms with van der Waals surface area (Å²) in [6, 6.07) is -1.30. The van der Waals surface area contributed by atoms with Gasteiger partial charge in [0.1, 0.15) is 17.2 Å². The number of rotatable bonds is 18.